The van der Waals surface area contributed by atoms with Crippen molar-refractivity contribution in [1.82, 2.24) is 15.0 Å². The van der Waals surface area contributed by atoms with Gasteiger partial charge in [-0.3, -0.25) is 14.3 Å². The third-order valence-corrected chi connectivity index (χ3v) is 4.07. The molecule has 3 rings (SSSR count). The second-order valence-corrected chi connectivity index (χ2v) is 6.16. The largest absolute Gasteiger partial charge is 0.494 e. The molecule has 0 radical (unpaired) electrons. The molecule has 0 bridgehead atoms. The van der Waals surface area contributed by atoms with E-state index in [1.807, 2.05) is 12.1 Å². The van der Waals surface area contributed by atoms with Gasteiger partial charge in [0.1, 0.15) is 5.56 Å². The van der Waals surface area contributed by atoms with Gasteiger partial charge in [-0.05, 0) is 24.6 Å². The molecular formula is C20H19N5O4. The first-order valence-corrected chi connectivity index (χ1v) is 8.72. The lowest BCUT2D eigenvalue weighted by atomic mass is 10.2. The van der Waals surface area contributed by atoms with Crippen LogP contribution in [-0.4, -0.2) is 26.4 Å². The van der Waals surface area contributed by atoms with Gasteiger partial charge in [0.25, 0.3) is 5.56 Å². The summed E-state index contributed by atoms with van der Waals surface area (Å²) < 4.78 is 1.02. The molecule has 0 atom stereocenters. The predicted molar refractivity (Wildman–Crippen MR) is 109 cm³/mol. The number of para-hydroxylation sites is 1. The van der Waals surface area contributed by atoms with Gasteiger partial charge in [0.2, 0.25) is 5.88 Å². The van der Waals surface area contributed by atoms with Crippen LogP contribution in [0.2, 0.25) is 0 Å². The Balaban J connectivity index is 1.84. The average Bonchev–Trinajstić information content (AvgIpc) is 2.71. The lowest BCUT2D eigenvalue weighted by Crippen LogP contribution is -2.34. The van der Waals surface area contributed by atoms with Crippen molar-refractivity contribution in [1.29, 1.82) is 0 Å². The molecule has 2 aromatic carbocycles. The number of aromatic amines is 1. The minimum atomic E-state index is -0.802. The fourth-order valence-corrected chi connectivity index (χ4v) is 2.67. The van der Waals surface area contributed by atoms with E-state index in [-0.39, 0.29) is 17.8 Å². The summed E-state index contributed by atoms with van der Waals surface area (Å²) in [6.45, 7) is 1.49. The van der Waals surface area contributed by atoms with Crippen LogP contribution in [0.25, 0.3) is 0 Å². The Morgan fingerprint density at radius 1 is 1.07 bits per heavy atom. The van der Waals surface area contributed by atoms with Crippen LogP contribution >= 0.6 is 0 Å². The standard InChI is InChI=1S/C20H19N5O4/c1-13(23-24-19(28)21-15-10-6-3-7-11-15)16-17(26)22-20(29)25(18(16)27)12-14-8-4-2-5-9-14/h2-11,27H,12H2,1H3,(H2,21,24,28)(H,22,26,29)/b23-13+. The van der Waals surface area contributed by atoms with Crippen LogP contribution < -0.4 is 22.0 Å². The average molecular weight is 393 g/mol. The predicted octanol–water partition coefficient (Wildman–Crippen LogP) is 1.84. The van der Waals surface area contributed by atoms with Crippen LogP contribution in [0.5, 0.6) is 5.88 Å². The van der Waals surface area contributed by atoms with E-state index in [9.17, 15) is 19.5 Å². The molecule has 4 N–H and O–H groups in total. The molecule has 0 saturated carbocycles. The number of nitrogens with one attached hydrogen (secondary N) is 3. The lowest BCUT2D eigenvalue weighted by Gasteiger charge is -2.11. The Morgan fingerprint density at radius 3 is 2.34 bits per heavy atom. The fourth-order valence-electron chi connectivity index (χ4n) is 2.67. The highest BCUT2D eigenvalue weighted by Gasteiger charge is 2.17. The van der Waals surface area contributed by atoms with Gasteiger partial charge in [0.05, 0.1) is 12.3 Å². The van der Waals surface area contributed by atoms with Gasteiger partial charge in [0.15, 0.2) is 0 Å². The number of urea groups is 1. The summed E-state index contributed by atoms with van der Waals surface area (Å²) in [5.74, 6) is -0.533. The van der Waals surface area contributed by atoms with Crippen molar-refractivity contribution in [2.75, 3.05) is 5.32 Å². The number of aromatic nitrogens is 2. The summed E-state index contributed by atoms with van der Waals surface area (Å²) in [5.41, 5.74) is 1.86. The van der Waals surface area contributed by atoms with E-state index < -0.39 is 23.2 Å². The summed E-state index contributed by atoms with van der Waals surface area (Å²) >= 11 is 0. The van der Waals surface area contributed by atoms with E-state index in [0.29, 0.717) is 5.69 Å². The monoisotopic (exact) mass is 393 g/mol. The Hall–Kier alpha value is -4.14. The topological polar surface area (TPSA) is 129 Å². The van der Waals surface area contributed by atoms with Crippen molar-refractivity contribution in [2.24, 2.45) is 5.10 Å². The maximum absolute atomic E-state index is 12.2. The fraction of sp³-hybridized carbons (Fsp3) is 0.100. The summed E-state index contributed by atoms with van der Waals surface area (Å²) in [6, 6.07) is 17.1. The molecule has 0 unspecified atom stereocenters. The molecule has 148 valence electrons. The first-order chi connectivity index (χ1) is 14.0. The molecule has 0 aliphatic carbocycles. The molecule has 29 heavy (non-hydrogen) atoms. The number of hydrogen-bond acceptors (Lipinski definition) is 5. The van der Waals surface area contributed by atoms with Gasteiger partial charge in [0, 0.05) is 5.69 Å². The molecular weight excluding hydrogens is 374 g/mol. The number of H-pyrrole nitrogens is 1. The highest BCUT2D eigenvalue weighted by molar-refractivity contribution is 6.01. The number of anilines is 1. The van der Waals surface area contributed by atoms with E-state index in [2.05, 4.69) is 20.8 Å². The minimum absolute atomic E-state index is 0.0359. The molecule has 3 aromatic rings. The second-order valence-electron chi connectivity index (χ2n) is 6.16. The normalized spacial score (nSPS) is 11.1. The number of amides is 2. The Morgan fingerprint density at radius 2 is 1.69 bits per heavy atom. The van der Waals surface area contributed by atoms with Crippen molar-refractivity contribution in [3.8, 4) is 5.88 Å². The number of nitrogens with zero attached hydrogens (tertiary/aromatic N) is 2. The van der Waals surface area contributed by atoms with Crippen molar-refractivity contribution >= 4 is 17.4 Å². The third-order valence-electron chi connectivity index (χ3n) is 4.07. The zero-order valence-electron chi connectivity index (χ0n) is 15.5. The van der Waals surface area contributed by atoms with Crippen molar-refractivity contribution in [3.63, 3.8) is 0 Å². The van der Waals surface area contributed by atoms with Crippen LogP contribution in [0.3, 0.4) is 0 Å². The van der Waals surface area contributed by atoms with Crippen LogP contribution in [0.4, 0.5) is 10.5 Å². The maximum Gasteiger partial charge on any atom is 0.339 e. The summed E-state index contributed by atoms with van der Waals surface area (Å²) in [6.07, 6.45) is 0. The maximum atomic E-state index is 12.2. The third kappa shape index (κ3) is 4.78. The quantitative estimate of drug-likeness (QED) is 0.389. The number of aromatic hydroxyl groups is 1. The number of hydrazone groups is 1. The molecule has 9 heteroatoms. The van der Waals surface area contributed by atoms with Crippen molar-refractivity contribution < 1.29 is 9.90 Å². The van der Waals surface area contributed by atoms with E-state index in [1.54, 1.807) is 48.5 Å². The SMILES string of the molecule is C/C(=N\NC(=O)Nc1ccccc1)c1c(O)n(Cc2ccccc2)c(=O)[nH]c1=O. The molecule has 0 saturated heterocycles. The molecule has 1 heterocycles. The molecule has 0 spiro atoms. The van der Waals surface area contributed by atoms with Gasteiger partial charge >= 0.3 is 11.7 Å². The van der Waals surface area contributed by atoms with Crippen LogP contribution in [0.1, 0.15) is 18.1 Å². The van der Waals surface area contributed by atoms with Gasteiger partial charge in [-0.15, -0.1) is 0 Å². The number of benzene rings is 2. The second kappa shape index (κ2) is 8.70. The highest BCUT2D eigenvalue weighted by atomic mass is 16.3. The lowest BCUT2D eigenvalue weighted by molar-refractivity contribution is 0.252. The minimum Gasteiger partial charge on any atom is -0.494 e. The van der Waals surface area contributed by atoms with E-state index in [1.165, 1.54) is 6.92 Å². The number of hydrogen-bond donors (Lipinski definition) is 4. The number of rotatable bonds is 5. The Kier molecular flexibility index (Phi) is 5.88. The van der Waals surface area contributed by atoms with Gasteiger partial charge in [-0.1, -0.05) is 48.5 Å². The summed E-state index contributed by atoms with van der Waals surface area (Å²) in [7, 11) is 0. The summed E-state index contributed by atoms with van der Waals surface area (Å²) in [4.78, 5) is 38.4. The van der Waals surface area contributed by atoms with Crippen molar-refractivity contribution in [3.05, 3.63) is 92.6 Å². The van der Waals surface area contributed by atoms with E-state index in [4.69, 9.17) is 0 Å². The van der Waals surface area contributed by atoms with Gasteiger partial charge < -0.3 is 10.4 Å². The Bertz CT molecular complexity index is 1150. The number of carbonyl (C=O) groups excluding carboxylic acids is 1. The van der Waals surface area contributed by atoms with Crippen LogP contribution in [0.15, 0.2) is 75.4 Å². The summed E-state index contributed by atoms with van der Waals surface area (Å²) in [5, 5.41) is 16.9. The molecule has 0 fully saturated rings. The first-order valence-electron chi connectivity index (χ1n) is 8.72. The Labute approximate surface area is 165 Å². The van der Waals surface area contributed by atoms with E-state index >= 15 is 0 Å². The van der Waals surface area contributed by atoms with Gasteiger partial charge in [-0.25, -0.2) is 15.0 Å². The molecule has 0 aliphatic rings. The zero-order valence-corrected chi connectivity index (χ0v) is 15.5. The van der Waals surface area contributed by atoms with Gasteiger partial charge in [-0.2, -0.15) is 5.10 Å². The molecule has 9 nitrogen and oxygen atoms in total. The smallest absolute Gasteiger partial charge is 0.339 e. The number of carbonyl (C=O) groups is 1. The first kappa shape index (κ1) is 19.6. The molecule has 1 aromatic heterocycles. The zero-order chi connectivity index (χ0) is 20.8. The van der Waals surface area contributed by atoms with Crippen molar-refractivity contribution in [2.45, 2.75) is 13.5 Å². The molecule has 2 amide bonds. The van der Waals surface area contributed by atoms with Crippen LogP contribution in [-0.2, 0) is 6.54 Å². The van der Waals surface area contributed by atoms with E-state index in [0.717, 1.165) is 10.1 Å². The molecule has 0 aliphatic heterocycles. The highest BCUT2D eigenvalue weighted by Crippen LogP contribution is 2.13. The van der Waals surface area contributed by atoms with Crippen LogP contribution in [0, 0.1) is 0 Å².